The molecule has 2 amide bonds. The highest BCUT2D eigenvalue weighted by Gasteiger charge is 2.39. The van der Waals surface area contributed by atoms with Crippen LogP contribution >= 0.6 is 0 Å². The van der Waals surface area contributed by atoms with Gasteiger partial charge in [-0.2, -0.15) is 0 Å². The lowest BCUT2D eigenvalue weighted by molar-refractivity contribution is -0.150. The predicted octanol–water partition coefficient (Wildman–Crippen LogP) is 2.95. The van der Waals surface area contributed by atoms with Crippen molar-refractivity contribution in [3.63, 3.8) is 0 Å². The zero-order valence-electron chi connectivity index (χ0n) is 16.2. The average Bonchev–Trinajstić information content (AvgIpc) is 2.75. The minimum atomic E-state index is -0.944. The number of piperidine rings is 1. The molecule has 150 valence electrons. The third-order valence-electron chi connectivity index (χ3n) is 5.83. The van der Waals surface area contributed by atoms with E-state index in [1.807, 2.05) is 54.6 Å². The van der Waals surface area contributed by atoms with E-state index in [1.165, 1.54) is 0 Å². The van der Waals surface area contributed by atoms with Crippen LogP contribution in [0.5, 0.6) is 0 Å². The van der Waals surface area contributed by atoms with Gasteiger partial charge in [0.25, 0.3) is 0 Å². The van der Waals surface area contributed by atoms with E-state index in [0.717, 1.165) is 29.5 Å². The topological polar surface area (TPSA) is 77.9 Å². The molecule has 2 aliphatic rings. The minimum Gasteiger partial charge on any atom is -0.481 e. The molecule has 2 aromatic rings. The van der Waals surface area contributed by atoms with Crippen molar-refractivity contribution in [3.8, 4) is 0 Å². The summed E-state index contributed by atoms with van der Waals surface area (Å²) in [5.74, 6) is -1.95. The maximum absolute atomic E-state index is 13.7. The number of amides is 2. The van der Waals surface area contributed by atoms with Crippen LogP contribution in [0.3, 0.4) is 0 Å². The van der Waals surface area contributed by atoms with E-state index < -0.39 is 17.9 Å². The molecular weight excluding hydrogens is 368 g/mol. The van der Waals surface area contributed by atoms with E-state index in [2.05, 4.69) is 0 Å². The number of aliphatic carboxylic acids is 1. The van der Waals surface area contributed by atoms with E-state index >= 15 is 0 Å². The third-order valence-corrected chi connectivity index (χ3v) is 5.83. The molecule has 2 aromatic carbocycles. The number of rotatable bonds is 4. The summed E-state index contributed by atoms with van der Waals surface area (Å²) in [6.07, 6.45) is 2.14. The van der Waals surface area contributed by atoms with Crippen molar-refractivity contribution >= 4 is 17.8 Å². The van der Waals surface area contributed by atoms with Crippen LogP contribution in [0.2, 0.25) is 0 Å². The van der Waals surface area contributed by atoms with Crippen LogP contribution in [-0.4, -0.2) is 45.8 Å². The Labute approximate surface area is 169 Å². The number of hydrogen-bond acceptors (Lipinski definition) is 3. The highest BCUT2D eigenvalue weighted by atomic mass is 16.4. The molecule has 29 heavy (non-hydrogen) atoms. The molecule has 2 aliphatic heterocycles. The van der Waals surface area contributed by atoms with Gasteiger partial charge in [-0.25, -0.2) is 0 Å². The standard InChI is InChI=1S/C23H24N2O4/c26-20-12-6-7-13-25(20)21(16-8-2-1-3-9-16)22(27)24-14-17-10-4-5-11-18(17)19(15-24)23(28)29/h1-5,8-11,19,21H,6-7,12-15H2,(H,28,29). The van der Waals surface area contributed by atoms with E-state index in [4.69, 9.17) is 0 Å². The monoisotopic (exact) mass is 392 g/mol. The van der Waals surface area contributed by atoms with Crippen LogP contribution in [-0.2, 0) is 20.9 Å². The first kappa shape index (κ1) is 19.2. The molecule has 2 heterocycles. The van der Waals surface area contributed by atoms with Crippen molar-refractivity contribution in [1.82, 2.24) is 9.80 Å². The number of hydrogen-bond donors (Lipinski definition) is 1. The van der Waals surface area contributed by atoms with Gasteiger partial charge in [0, 0.05) is 26.1 Å². The largest absolute Gasteiger partial charge is 0.481 e. The highest BCUT2D eigenvalue weighted by Crippen LogP contribution is 2.33. The van der Waals surface area contributed by atoms with Crippen LogP contribution in [0, 0.1) is 0 Å². The summed E-state index contributed by atoms with van der Waals surface area (Å²) >= 11 is 0. The fraction of sp³-hybridized carbons (Fsp3) is 0.348. The molecule has 2 unspecified atom stereocenters. The number of carboxylic acids is 1. The summed E-state index contributed by atoms with van der Waals surface area (Å²) in [5, 5.41) is 9.73. The SMILES string of the molecule is O=C(O)C1CN(C(=O)C(c2ccccc2)N2CCCCC2=O)Cc2ccccc21. The molecule has 1 fully saturated rings. The first-order valence-electron chi connectivity index (χ1n) is 10.00. The summed E-state index contributed by atoms with van der Waals surface area (Å²) < 4.78 is 0. The average molecular weight is 392 g/mol. The first-order valence-corrected chi connectivity index (χ1v) is 10.00. The van der Waals surface area contributed by atoms with Crippen molar-refractivity contribution in [2.24, 2.45) is 0 Å². The second-order valence-corrected chi connectivity index (χ2v) is 7.67. The van der Waals surface area contributed by atoms with Gasteiger partial charge in [-0.3, -0.25) is 14.4 Å². The minimum absolute atomic E-state index is 0.0225. The predicted molar refractivity (Wildman–Crippen MR) is 107 cm³/mol. The quantitative estimate of drug-likeness (QED) is 0.868. The lowest BCUT2D eigenvalue weighted by atomic mass is 9.89. The van der Waals surface area contributed by atoms with Gasteiger partial charge in [0.1, 0.15) is 6.04 Å². The normalized spacial score (nSPS) is 20.1. The van der Waals surface area contributed by atoms with E-state index in [9.17, 15) is 19.5 Å². The van der Waals surface area contributed by atoms with Crippen LogP contribution in [0.4, 0.5) is 0 Å². The van der Waals surface area contributed by atoms with Crippen molar-refractivity contribution in [1.29, 1.82) is 0 Å². The Morgan fingerprint density at radius 3 is 2.45 bits per heavy atom. The van der Waals surface area contributed by atoms with Gasteiger partial charge in [0.15, 0.2) is 0 Å². The Hall–Kier alpha value is -3.15. The summed E-state index contributed by atoms with van der Waals surface area (Å²) in [7, 11) is 0. The molecule has 6 nitrogen and oxygen atoms in total. The number of likely N-dealkylation sites (tertiary alicyclic amines) is 1. The van der Waals surface area contributed by atoms with Gasteiger partial charge in [-0.15, -0.1) is 0 Å². The number of benzene rings is 2. The Balaban J connectivity index is 1.69. The lowest BCUT2D eigenvalue weighted by Crippen LogP contribution is -2.49. The van der Waals surface area contributed by atoms with Crippen LogP contribution in [0.15, 0.2) is 54.6 Å². The molecule has 4 rings (SSSR count). The van der Waals surface area contributed by atoms with Gasteiger partial charge >= 0.3 is 5.97 Å². The lowest BCUT2D eigenvalue weighted by Gasteiger charge is -2.39. The second-order valence-electron chi connectivity index (χ2n) is 7.67. The van der Waals surface area contributed by atoms with Gasteiger partial charge in [-0.1, -0.05) is 54.6 Å². The Morgan fingerprint density at radius 2 is 1.72 bits per heavy atom. The molecule has 1 saturated heterocycles. The Bertz CT molecular complexity index is 927. The van der Waals surface area contributed by atoms with Crippen molar-refractivity contribution in [2.45, 2.75) is 37.8 Å². The summed E-state index contributed by atoms with van der Waals surface area (Å²) in [6, 6.07) is 16.0. The van der Waals surface area contributed by atoms with E-state index in [-0.39, 0.29) is 18.4 Å². The molecule has 2 atom stereocenters. The van der Waals surface area contributed by atoms with Crippen molar-refractivity contribution in [2.75, 3.05) is 13.1 Å². The van der Waals surface area contributed by atoms with E-state index in [0.29, 0.717) is 19.5 Å². The Morgan fingerprint density at radius 1 is 1.00 bits per heavy atom. The molecule has 1 N–H and O–H groups in total. The molecule has 6 heteroatoms. The molecule has 0 spiro atoms. The number of nitrogens with zero attached hydrogens (tertiary/aromatic N) is 2. The maximum atomic E-state index is 13.7. The van der Waals surface area contributed by atoms with Gasteiger partial charge in [-0.05, 0) is 29.5 Å². The second kappa shape index (κ2) is 8.07. The van der Waals surface area contributed by atoms with Crippen LogP contribution < -0.4 is 0 Å². The van der Waals surface area contributed by atoms with Crippen molar-refractivity contribution in [3.05, 3.63) is 71.3 Å². The summed E-state index contributed by atoms with van der Waals surface area (Å²) in [4.78, 5) is 41.4. The number of carbonyl (C=O) groups excluding carboxylic acids is 2. The molecular formula is C23H24N2O4. The number of carboxylic acid groups (broad SMARTS) is 1. The molecule has 0 aromatic heterocycles. The summed E-state index contributed by atoms with van der Waals surface area (Å²) in [5.41, 5.74) is 2.36. The smallest absolute Gasteiger partial charge is 0.312 e. The number of carbonyl (C=O) groups is 3. The van der Waals surface area contributed by atoms with Crippen LogP contribution in [0.1, 0.15) is 47.9 Å². The fourth-order valence-corrected chi connectivity index (χ4v) is 4.35. The highest BCUT2D eigenvalue weighted by molar-refractivity contribution is 5.90. The van der Waals surface area contributed by atoms with E-state index in [1.54, 1.807) is 9.80 Å². The van der Waals surface area contributed by atoms with Gasteiger partial charge < -0.3 is 14.9 Å². The fourth-order valence-electron chi connectivity index (χ4n) is 4.35. The first-order chi connectivity index (χ1) is 14.1. The molecule has 0 aliphatic carbocycles. The zero-order valence-corrected chi connectivity index (χ0v) is 16.2. The molecule has 0 saturated carbocycles. The molecule has 0 radical (unpaired) electrons. The van der Waals surface area contributed by atoms with Crippen LogP contribution in [0.25, 0.3) is 0 Å². The summed E-state index contributed by atoms with van der Waals surface area (Å²) in [6.45, 7) is 0.998. The third kappa shape index (κ3) is 3.75. The van der Waals surface area contributed by atoms with Crippen molar-refractivity contribution < 1.29 is 19.5 Å². The maximum Gasteiger partial charge on any atom is 0.312 e. The van der Waals surface area contributed by atoms with Gasteiger partial charge in [0.05, 0.1) is 5.92 Å². The number of fused-ring (bicyclic) bond motifs is 1. The Kier molecular flexibility index (Phi) is 5.34. The van der Waals surface area contributed by atoms with Gasteiger partial charge in [0.2, 0.25) is 11.8 Å². The zero-order chi connectivity index (χ0) is 20.4. The molecule has 0 bridgehead atoms.